The molecule has 2 aromatic rings. The van der Waals surface area contributed by atoms with Gasteiger partial charge in [0.05, 0.1) is 29.6 Å². The number of nitrogens with one attached hydrogen (secondary N) is 1. The predicted molar refractivity (Wildman–Crippen MR) is 100.0 cm³/mol. The fourth-order valence-corrected chi connectivity index (χ4v) is 2.93. The van der Waals surface area contributed by atoms with E-state index in [1.807, 2.05) is 29.7 Å². The van der Waals surface area contributed by atoms with Gasteiger partial charge in [-0.05, 0) is 31.2 Å². The lowest BCUT2D eigenvalue weighted by Gasteiger charge is -2.11. The first-order valence-corrected chi connectivity index (χ1v) is 8.66. The lowest BCUT2D eigenvalue weighted by Crippen LogP contribution is -2.24. The summed E-state index contributed by atoms with van der Waals surface area (Å²) in [6.45, 7) is 2.84. The number of rotatable bonds is 5. The zero-order valence-corrected chi connectivity index (χ0v) is 14.8. The zero-order chi connectivity index (χ0) is 18.8. The Labute approximate surface area is 155 Å². The number of furan rings is 1. The summed E-state index contributed by atoms with van der Waals surface area (Å²) in [4.78, 5) is 25.6. The van der Waals surface area contributed by atoms with Crippen molar-refractivity contribution in [3.8, 4) is 16.9 Å². The van der Waals surface area contributed by atoms with Crippen LogP contribution in [0.15, 0.2) is 70.3 Å². The van der Waals surface area contributed by atoms with Gasteiger partial charge >= 0.3 is 0 Å². The van der Waals surface area contributed by atoms with Crippen LogP contribution >= 0.6 is 0 Å². The minimum absolute atomic E-state index is 0.251. The van der Waals surface area contributed by atoms with Gasteiger partial charge in [0, 0.05) is 18.9 Å². The molecule has 1 aromatic heterocycles. The second kappa shape index (κ2) is 6.95. The predicted octanol–water partition coefficient (Wildman–Crippen LogP) is 2.68. The second-order valence-corrected chi connectivity index (χ2v) is 6.08. The van der Waals surface area contributed by atoms with E-state index in [9.17, 15) is 9.59 Å². The molecule has 7 nitrogen and oxygen atoms in total. The van der Waals surface area contributed by atoms with Crippen LogP contribution < -0.4 is 10.9 Å². The number of hydrogen-bond acceptors (Lipinski definition) is 4. The lowest BCUT2D eigenvalue weighted by atomic mass is 10.1. The van der Waals surface area contributed by atoms with E-state index in [1.165, 1.54) is 4.68 Å². The van der Waals surface area contributed by atoms with Gasteiger partial charge in [-0.15, -0.1) is 0 Å². The molecule has 136 valence electrons. The average molecular weight is 362 g/mol. The fourth-order valence-electron chi connectivity index (χ4n) is 2.93. The van der Waals surface area contributed by atoms with E-state index in [0.717, 1.165) is 0 Å². The van der Waals surface area contributed by atoms with E-state index in [-0.39, 0.29) is 18.0 Å². The summed E-state index contributed by atoms with van der Waals surface area (Å²) < 4.78 is 8.38. The van der Waals surface area contributed by atoms with E-state index >= 15 is 0 Å². The third-order valence-corrected chi connectivity index (χ3v) is 4.34. The van der Waals surface area contributed by atoms with Crippen LogP contribution in [-0.4, -0.2) is 20.3 Å². The monoisotopic (exact) mass is 362 g/mol. The van der Waals surface area contributed by atoms with Crippen LogP contribution in [0.1, 0.15) is 23.0 Å². The highest BCUT2D eigenvalue weighted by Gasteiger charge is 2.24. The molecule has 0 saturated carbocycles. The van der Waals surface area contributed by atoms with Crippen molar-refractivity contribution in [3.63, 3.8) is 0 Å². The number of aromatic nitrogens is 3. The summed E-state index contributed by atoms with van der Waals surface area (Å²) in [5.41, 5.74) is 1.55. The number of para-hydroxylation sites is 1. The standard InChI is InChI=1S/C20H18N4O3/c1-2-23-12-16(19(25)21-11-15-9-6-10-27-15)18-17(13-23)20(26)24(22-18)14-7-4-3-5-8-14/h3-10,12-13H,2,11H2,1H3,(H,21,25). The Morgan fingerprint density at radius 2 is 1.96 bits per heavy atom. The molecule has 0 bridgehead atoms. The van der Waals surface area contributed by atoms with Crippen molar-refractivity contribution in [2.45, 2.75) is 20.0 Å². The van der Waals surface area contributed by atoms with Crippen molar-refractivity contribution in [1.82, 2.24) is 19.7 Å². The van der Waals surface area contributed by atoms with Crippen molar-refractivity contribution in [1.29, 1.82) is 0 Å². The van der Waals surface area contributed by atoms with Crippen LogP contribution in [0.4, 0.5) is 0 Å². The molecule has 0 fully saturated rings. The molecule has 3 heterocycles. The minimum atomic E-state index is -0.308. The van der Waals surface area contributed by atoms with Crippen LogP contribution in [-0.2, 0) is 13.1 Å². The van der Waals surface area contributed by atoms with E-state index in [1.54, 1.807) is 42.9 Å². The molecular formula is C20H18N4O3. The van der Waals surface area contributed by atoms with E-state index in [4.69, 9.17) is 4.42 Å². The highest BCUT2D eigenvalue weighted by Crippen LogP contribution is 2.22. The first-order chi connectivity index (χ1) is 13.2. The highest BCUT2D eigenvalue weighted by atomic mass is 16.3. The first kappa shape index (κ1) is 16.8. The summed E-state index contributed by atoms with van der Waals surface area (Å²) in [7, 11) is 0. The number of fused-ring (bicyclic) bond motifs is 1. The van der Waals surface area contributed by atoms with Crippen molar-refractivity contribution >= 4 is 5.91 Å². The van der Waals surface area contributed by atoms with Gasteiger partial charge in [-0.2, -0.15) is 9.78 Å². The quantitative estimate of drug-likeness (QED) is 0.592. The van der Waals surface area contributed by atoms with Crippen LogP contribution in [0.5, 0.6) is 0 Å². The maximum atomic E-state index is 12.9. The topological polar surface area (TPSA) is 82.1 Å². The summed E-state index contributed by atoms with van der Waals surface area (Å²) in [5, 5.41) is 7.25. The maximum Gasteiger partial charge on any atom is 0.282 e. The molecule has 1 amide bonds. The number of benzene rings is 1. The third-order valence-electron chi connectivity index (χ3n) is 4.34. The van der Waals surface area contributed by atoms with Crippen LogP contribution in [0.3, 0.4) is 0 Å². The van der Waals surface area contributed by atoms with Crippen molar-refractivity contribution in [2.24, 2.45) is 0 Å². The number of carbonyl (C=O) groups is 1. The van der Waals surface area contributed by atoms with Crippen molar-refractivity contribution in [2.75, 3.05) is 0 Å². The van der Waals surface area contributed by atoms with Gasteiger partial charge in [0.15, 0.2) is 0 Å². The van der Waals surface area contributed by atoms with E-state index in [2.05, 4.69) is 10.4 Å². The smallest absolute Gasteiger partial charge is 0.282 e. The Morgan fingerprint density at radius 1 is 1.15 bits per heavy atom. The second-order valence-electron chi connectivity index (χ2n) is 6.08. The third kappa shape index (κ3) is 3.15. The SMILES string of the molecule is CCn1cc(C(=O)NCc2ccco2)c2nn(-c3ccccc3)c(=O)c-2c1. The summed E-state index contributed by atoms with van der Waals surface area (Å²) in [6, 6.07) is 12.7. The van der Waals surface area contributed by atoms with Crippen LogP contribution in [0, 0.1) is 0 Å². The Kier molecular flexibility index (Phi) is 4.33. The fraction of sp³-hybridized carbons (Fsp3) is 0.150. The van der Waals surface area contributed by atoms with Crippen molar-refractivity contribution < 1.29 is 9.21 Å². The molecule has 27 heavy (non-hydrogen) atoms. The van der Waals surface area contributed by atoms with Gasteiger partial charge in [0.25, 0.3) is 11.5 Å². The summed E-state index contributed by atoms with van der Waals surface area (Å²) in [5.74, 6) is 0.343. The zero-order valence-electron chi connectivity index (χ0n) is 14.8. The van der Waals surface area contributed by atoms with Crippen LogP contribution in [0.25, 0.3) is 16.9 Å². The Bertz CT molecular complexity index is 1090. The molecule has 4 rings (SSSR count). The van der Waals surface area contributed by atoms with Crippen LogP contribution in [0.2, 0.25) is 0 Å². The van der Waals surface area contributed by atoms with Gasteiger partial charge in [-0.1, -0.05) is 18.2 Å². The molecule has 7 heteroatoms. The molecule has 2 aliphatic heterocycles. The molecule has 0 radical (unpaired) electrons. The number of pyridine rings is 1. The number of nitrogens with zero attached hydrogens (tertiary/aromatic N) is 3. The molecule has 0 atom stereocenters. The molecule has 1 N–H and O–H groups in total. The molecule has 1 aromatic carbocycles. The molecule has 0 unspecified atom stereocenters. The van der Waals surface area contributed by atoms with Gasteiger partial charge in [-0.25, -0.2) is 0 Å². The number of amides is 1. The Balaban J connectivity index is 1.77. The molecular weight excluding hydrogens is 344 g/mol. The largest absolute Gasteiger partial charge is 0.467 e. The first-order valence-electron chi connectivity index (χ1n) is 8.66. The van der Waals surface area contributed by atoms with Gasteiger partial charge < -0.3 is 14.3 Å². The van der Waals surface area contributed by atoms with E-state index in [0.29, 0.717) is 34.8 Å². The lowest BCUT2D eigenvalue weighted by molar-refractivity contribution is 0.0947. The van der Waals surface area contributed by atoms with E-state index < -0.39 is 0 Å². The minimum Gasteiger partial charge on any atom is -0.467 e. The Morgan fingerprint density at radius 3 is 2.67 bits per heavy atom. The Hall–Kier alpha value is -3.61. The number of hydrogen-bond donors (Lipinski definition) is 1. The van der Waals surface area contributed by atoms with Crippen molar-refractivity contribution in [3.05, 3.63) is 82.8 Å². The van der Waals surface area contributed by atoms with Gasteiger partial charge in [0.2, 0.25) is 0 Å². The van der Waals surface area contributed by atoms with Gasteiger partial charge in [0.1, 0.15) is 11.5 Å². The molecule has 0 saturated heterocycles. The maximum absolute atomic E-state index is 12.9. The number of aryl methyl sites for hydroxylation is 1. The number of carbonyl (C=O) groups excluding carboxylic acids is 1. The summed E-state index contributed by atoms with van der Waals surface area (Å²) >= 11 is 0. The normalized spacial score (nSPS) is 11.0. The average Bonchev–Trinajstić information content (AvgIpc) is 3.34. The molecule has 2 aliphatic rings. The molecule has 0 aliphatic carbocycles. The highest BCUT2D eigenvalue weighted by molar-refractivity contribution is 5.99. The molecule has 0 spiro atoms. The summed E-state index contributed by atoms with van der Waals surface area (Å²) in [6.07, 6.45) is 4.99. The van der Waals surface area contributed by atoms with Gasteiger partial charge in [-0.3, -0.25) is 9.59 Å².